The summed E-state index contributed by atoms with van der Waals surface area (Å²) in [6.07, 6.45) is -9.99. The number of carbonyl (C=O) groups is 1. The quantitative estimate of drug-likeness (QED) is 0.318. The monoisotopic (exact) mass is 611 g/mol. The lowest BCUT2D eigenvalue weighted by Gasteiger charge is -2.34. The van der Waals surface area contributed by atoms with Gasteiger partial charge in [-0.15, -0.1) is 10.2 Å². The Labute approximate surface area is 243 Å². The van der Waals surface area contributed by atoms with Crippen molar-refractivity contribution < 1.29 is 40.7 Å². The highest BCUT2D eigenvalue weighted by Gasteiger charge is 2.59. The van der Waals surface area contributed by atoms with Crippen molar-refractivity contribution in [2.75, 3.05) is 12.3 Å². The Kier molecular flexibility index (Phi) is 7.30. The van der Waals surface area contributed by atoms with Crippen molar-refractivity contribution in [3.63, 3.8) is 0 Å². The van der Waals surface area contributed by atoms with Gasteiger partial charge in [0.2, 0.25) is 5.60 Å². The number of nitrogen functional groups attached to an aromatic ring is 1. The number of carbonyl (C=O) groups excluding carboxylic acids is 1. The predicted molar refractivity (Wildman–Crippen MR) is 142 cm³/mol. The number of amides is 1. The van der Waals surface area contributed by atoms with Crippen LogP contribution in [0.3, 0.4) is 0 Å². The third-order valence-corrected chi connectivity index (χ3v) is 8.20. The zero-order valence-electron chi connectivity index (χ0n) is 23.7. The summed E-state index contributed by atoms with van der Waals surface area (Å²) in [4.78, 5) is 19.3. The number of aromatic nitrogens is 3. The second-order valence-corrected chi connectivity index (χ2v) is 12.2. The normalized spacial score (nSPS) is 21.4. The van der Waals surface area contributed by atoms with E-state index in [1.165, 1.54) is 4.90 Å². The third kappa shape index (κ3) is 5.45. The summed E-state index contributed by atoms with van der Waals surface area (Å²) >= 11 is 0. The van der Waals surface area contributed by atoms with Crippen LogP contribution >= 0.6 is 0 Å². The first-order chi connectivity index (χ1) is 19.9. The molecule has 3 aromatic rings. The topological polar surface area (TPSA) is 118 Å². The Morgan fingerprint density at radius 2 is 1.58 bits per heavy atom. The Balaban J connectivity index is 1.66. The number of fused-ring (bicyclic) bond motifs is 5. The smallest absolute Gasteiger partial charge is 0.416 e. The van der Waals surface area contributed by atoms with Crippen molar-refractivity contribution >= 4 is 11.6 Å². The molecular formula is C29H31F6N5O3. The third-order valence-electron chi connectivity index (χ3n) is 8.20. The van der Waals surface area contributed by atoms with Gasteiger partial charge in [0.1, 0.15) is 5.69 Å². The lowest BCUT2D eigenvalue weighted by Crippen LogP contribution is -2.43. The van der Waals surface area contributed by atoms with E-state index in [1.54, 1.807) is 0 Å². The number of halogens is 6. The van der Waals surface area contributed by atoms with Crippen molar-refractivity contribution in [1.82, 2.24) is 20.1 Å². The zero-order valence-corrected chi connectivity index (χ0v) is 23.7. The minimum Gasteiger partial charge on any atom is -0.416 e. The van der Waals surface area contributed by atoms with Gasteiger partial charge in [0, 0.05) is 6.54 Å². The number of pyridine rings is 1. The summed E-state index contributed by atoms with van der Waals surface area (Å²) in [6, 6.07) is 8.01. The van der Waals surface area contributed by atoms with Crippen molar-refractivity contribution in [1.29, 1.82) is 0 Å². The fourth-order valence-electron chi connectivity index (χ4n) is 5.51. The van der Waals surface area contributed by atoms with Crippen LogP contribution in [0.1, 0.15) is 92.4 Å². The molecule has 2 aliphatic rings. The van der Waals surface area contributed by atoms with Crippen LogP contribution in [0, 0.1) is 0 Å². The van der Waals surface area contributed by atoms with Crippen LogP contribution in [0.2, 0.25) is 0 Å². The molecule has 1 atom stereocenters. The summed E-state index contributed by atoms with van der Waals surface area (Å²) < 4.78 is 90.0. The molecule has 14 heteroatoms. The lowest BCUT2D eigenvalue weighted by atomic mass is 9.86. The standard InChI is InChI=1S/C29H31F6N5O3/c1-25(2,3)16-7-9-17(10-8-16)26(12-13-26)40-14-6-4-5-11-27(42,29(33,34)35)24-39-38-22(43-24)21-19(36)15-18(28(30,31)32)20(37-21)23(40)41/h7-10,15,42H,4-6,11-14,36H2,1-3H3. The summed E-state index contributed by atoms with van der Waals surface area (Å²) in [5.41, 5.74) is -0.635. The highest BCUT2D eigenvalue weighted by molar-refractivity contribution is 5.96. The number of nitrogens with zero attached hydrogens (tertiary/aromatic N) is 4. The van der Waals surface area contributed by atoms with E-state index in [9.17, 15) is 36.2 Å². The summed E-state index contributed by atoms with van der Waals surface area (Å²) in [5, 5.41) is 17.5. The molecule has 4 bridgehead atoms. The fraction of sp³-hybridized carbons (Fsp3) is 0.517. The minimum atomic E-state index is -5.20. The van der Waals surface area contributed by atoms with Gasteiger partial charge < -0.3 is 20.2 Å². The van der Waals surface area contributed by atoms with Gasteiger partial charge in [-0.2, -0.15) is 26.3 Å². The van der Waals surface area contributed by atoms with Crippen molar-refractivity contribution in [3.8, 4) is 11.6 Å². The van der Waals surface area contributed by atoms with Gasteiger partial charge in [-0.1, -0.05) is 51.5 Å². The van der Waals surface area contributed by atoms with Crippen molar-refractivity contribution in [2.45, 2.75) is 88.2 Å². The van der Waals surface area contributed by atoms with Crippen LogP contribution in [0.15, 0.2) is 34.7 Å². The Morgan fingerprint density at radius 1 is 0.930 bits per heavy atom. The summed E-state index contributed by atoms with van der Waals surface area (Å²) in [7, 11) is 0. The first-order valence-corrected chi connectivity index (χ1v) is 13.8. The van der Waals surface area contributed by atoms with E-state index in [2.05, 4.69) is 15.2 Å². The fourth-order valence-corrected chi connectivity index (χ4v) is 5.51. The average molecular weight is 612 g/mol. The van der Waals surface area contributed by atoms with Gasteiger partial charge in [-0.05, 0) is 54.7 Å². The molecule has 0 saturated heterocycles. The molecule has 1 fully saturated rings. The molecule has 1 aromatic carbocycles. The van der Waals surface area contributed by atoms with Gasteiger partial charge in [0.25, 0.3) is 17.7 Å². The SMILES string of the molecule is CC(C)(C)c1ccc(C2(N3CCCCCC(O)(C(F)(F)F)c4nnc(o4)-c4nc(c(C(F)(F)F)cc4N)C3=O)CC2)cc1. The van der Waals surface area contributed by atoms with Crippen LogP contribution < -0.4 is 5.73 Å². The van der Waals surface area contributed by atoms with Crippen molar-refractivity contribution in [3.05, 3.63) is 58.6 Å². The highest BCUT2D eigenvalue weighted by Crippen LogP contribution is 2.52. The van der Waals surface area contributed by atoms with Gasteiger partial charge in [0.15, 0.2) is 5.69 Å². The van der Waals surface area contributed by atoms with Gasteiger partial charge in [0.05, 0.1) is 16.8 Å². The van der Waals surface area contributed by atoms with E-state index in [4.69, 9.17) is 10.2 Å². The number of benzene rings is 1. The number of alkyl halides is 6. The molecule has 2 aromatic heterocycles. The molecular weight excluding hydrogens is 580 g/mol. The van der Waals surface area contributed by atoms with Crippen LogP contribution in [0.25, 0.3) is 11.6 Å². The van der Waals surface area contributed by atoms with E-state index in [0.717, 1.165) is 11.1 Å². The molecule has 1 amide bonds. The van der Waals surface area contributed by atoms with Crippen molar-refractivity contribution in [2.24, 2.45) is 0 Å². The number of anilines is 1. The molecule has 43 heavy (non-hydrogen) atoms. The van der Waals surface area contributed by atoms with Gasteiger partial charge >= 0.3 is 12.4 Å². The second kappa shape index (κ2) is 10.2. The van der Waals surface area contributed by atoms with E-state index in [-0.39, 0.29) is 31.2 Å². The molecule has 0 spiro atoms. The maximum atomic E-state index is 14.3. The van der Waals surface area contributed by atoms with Crippen LogP contribution in [0.5, 0.6) is 0 Å². The zero-order chi connectivity index (χ0) is 31.6. The summed E-state index contributed by atoms with van der Waals surface area (Å²) in [6.45, 7) is 6.06. The van der Waals surface area contributed by atoms with E-state index in [1.807, 2.05) is 45.0 Å². The van der Waals surface area contributed by atoms with Gasteiger partial charge in [-0.3, -0.25) is 4.79 Å². The molecule has 3 N–H and O–H groups in total. The van der Waals surface area contributed by atoms with Crippen LogP contribution in [-0.2, 0) is 22.7 Å². The predicted octanol–water partition coefficient (Wildman–Crippen LogP) is 6.49. The molecule has 8 nitrogen and oxygen atoms in total. The molecule has 1 aliphatic carbocycles. The molecule has 232 valence electrons. The second-order valence-electron chi connectivity index (χ2n) is 12.2. The van der Waals surface area contributed by atoms with Gasteiger partial charge in [-0.25, -0.2) is 4.98 Å². The average Bonchev–Trinajstić information content (AvgIpc) is 3.56. The molecule has 1 aliphatic heterocycles. The first kappa shape index (κ1) is 30.8. The Morgan fingerprint density at radius 3 is 2.14 bits per heavy atom. The Hall–Kier alpha value is -3.68. The van der Waals surface area contributed by atoms with E-state index < -0.39 is 70.2 Å². The number of rotatable bonds is 2. The maximum absolute atomic E-state index is 14.3. The largest absolute Gasteiger partial charge is 0.426 e. The molecule has 0 radical (unpaired) electrons. The van der Waals surface area contributed by atoms with Crippen LogP contribution in [-0.4, -0.2) is 43.8 Å². The molecule has 5 rings (SSSR count). The highest BCUT2D eigenvalue weighted by atomic mass is 19.4. The molecule has 1 saturated carbocycles. The summed E-state index contributed by atoms with van der Waals surface area (Å²) in [5.74, 6) is -2.96. The Bertz CT molecular complexity index is 1520. The maximum Gasteiger partial charge on any atom is 0.426 e. The number of hydrogen-bond acceptors (Lipinski definition) is 7. The number of aliphatic hydroxyl groups is 1. The lowest BCUT2D eigenvalue weighted by molar-refractivity contribution is -0.277. The minimum absolute atomic E-state index is 0.0542. The van der Waals surface area contributed by atoms with E-state index >= 15 is 0 Å². The molecule has 3 heterocycles. The number of hydrogen-bond donors (Lipinski definition) is 2. The first-order valence-electron chi connectivity index (χ1n) is 13.8. The van der Waals surface area contributed by atoms with Crippen LogP contribution in [0.4, 0.5) is 32.0 Å². The van der Waals surface area contributed by atoms with E-state index in [0.29, 0.717) is 18.9 Å². The number of nitrogens with two attached hydrogens (primary N) is 1. The molecule has 1 unspecified atom stereocenters.